The molecule has 0 aliphatic rings. The molecule has 2 rings (SSSR count). The molecule has 0 aliphatic carbocycles. The van der Waals surface area contributed by atoms with Gasteiger partial charge >= 0.3 is 5.97 Å². The molecular weight excluding hydrogens is 252 g/mol. The van der Waals surface area contributed by atoms with E-state index in [4.69, 9.17) is 0 Å². The number of nitrogens with zero attached hydrogens (tertiary/aromatic N) is 4. The van der Waals surface area contributed by atoms with Gasteiger partial charge < -0.3 is 4.74 Å². The van der Waals surface area contributed by atoms with Gasteiger partial charge in [0.25, 0.3) is 11.5 Å². The van der Waals surface area contributed by atoms with E-state index in [9.17, 15) is 14.9 Å². The fourth-order valence-corrected chi connectivity index (χ4v) is 1.56. The van der Waals surface area contributed by atoms with E-state index in [0.717, 1.165) is 0 Å². The number of carbonyl (C=O) groups excluding carboxylic acids is 1. The summed E-state index contributed by atoms with van der Waals surface area (Å²) >= 11 is 0. The van der Waals surface area contributed by atoms with Crippen molar-refractivity contribution in [1.82, 2.24) is 14.8 Å². The summed E-state index contributed by atoms with van der Waals surface area (Å²) in [5, 5.41) is 14.6. The summed E-state index contributed by atoms with van der Waals surface area (Å²) in [6.07, 6.45) is 1.34. The average molecular weight is 262 g/mol. The lowest BCUT2D eigenvalue weighted by atomic mass is 10.2. The van der Waals surface area contributed by atoms with Crippen molar-refractivity contribution in [2.24, 2.45) is 0 Å². The summed E-state index contributed by atoms with van der Waals surface area (Å²) in [4.78, 5) is 25.3. The second kappa shape index (κ2) is 4.84. The molecule has 98 valence electrons. The first kappa shape index (κ1) is 12.7. The first-order chi connectivity index (χ1) is 9.02. The number of esters is 1. The van der Waals surface area contributed by atoms with Crippen molar-refractivity contribution < 1.29 is 14.5 Å². The molecule has 0 spiro atoms. The number of hydrogen-bond donors (Lipinski definition) is 0. The van der Waals surface area contributed by atoms with Gasteiger partial charge in [0, 0.05) is 11.6 Å². The summed E-state index contributed by atoms with van der Waals surface area (Å²) in [6.45, 7) is 1.62. The molecule has 8 heteroatoms. The van der Waals surface area contributed by atoms with Gasteiger partial charge in [0.15, 0.2) is 0 Å². The lowest BCUT2D eigenvalue weighted by Gasteiger charge is -2.02. The van der Waals surface area contributed by atoms with E-state index >= 15 is 0 Å². The maximum absolute atomic E-state index is 11.2. The van der Waals surface area contributed by atoms with Crippen LogP contribution in [0.2, 0.25) is 0 Å². The summed E-state index contributed by atoms with van der Waals surface area (Å²) < 4.78 is 5.84. The molecule has 0 bridgehead atoms. The van der Waals surface area contributed by atoms with Gasteiger partial charge in [0.2, 0.25) is 0 Å². The summed E-state index contributed by atoms with van der Waals surface area (Å²) in [5.41, 5.74) is 1.10. The number of methoxy groups -OCH3 is 1. The molecule has 0 amide bonds. The molecule has 0 atom stereocenters. The van der Waals surface area contributed by atoms with Gasteiger partial charge in [-0.15, -0.1) is 5.10 Å². The third kappa shape index (κ3) is 2.41. The zero-order valence-corrected chi connectivity index (χ0v) is 10.2. The highest BCUT2D eigenvalue weighted by atomic mass is 16.6. The van der Waals surface area contributed by atoms with Crippen LogP contribution < -0.4 is 0 Å². The molecule has 19 heavy (non-hydrogen) atoms. The Morgan fingerprint density at radius 3 is 2.79 bits per heavy atom. The molecule has 1 aromatic carbocycles. The van der Waals surface area contributed by atoms with Crippen LogP contribution in [0.3, 0.4) is 0 Å². The van der Waals surface area contributed by atoms with Crippen LogP contribution in [-0.2, 0) is 4.74 Å². The molecule has 0 radical (unpaired) electrons. The Morgan fingerprint density at radius 1 is 1.47 bits per heavy atom. The number of carbonyl (C=O) groups is 1. The summed E-state index contributed by atoms with van der Waals surface area (Å²) in [7, 11) is 1.24. The molecular formula is C11H10N4O4. The Balaban J connectivity index is 2.37. The second-order valence-corrected chi connectivity index (χ2v) is 3.73. The lowest BCUT2D eigenvalue weighted by molar-refractivity contribution is -0.385. The SMILES string of the molecule is COC(=O)c1ncn(-c2ccc([N+](=O)[O-])c(C)c2)n1. The van der Waals surface area contributed by atoms with E-state index in [-0.39, 0.29) is 11.5 Å². The minimum Gasteiger partial charge on any atom is -0.463 e. The van der Waals surface area contributed by atoms with Gasteiger partial charge in [-0.05, 0) is 19.1 Å². The zero-order valence-electron chi connectivity index (χ0n) is 10.2. The van der Waals surface area contributed by atoms with Crippen LogP contribution in [0.1, 0.15) is 16.2 Å². The largest absolute Gasteiger partial charge is 0.463 e. The number of aromatic nitrogens is 3. The van der Waals surface area contributed by atoms with Crippen molar-refractivity contribution in [3.8, 4) is 5.69 Å². The Hall–Kier alpha value is -2.77. The third-order valence-corrected chi connectivity index (χ3v) is 2.50. The molecule has 0 saturated carbocycles. The first-order valence-corrected chi connectivity index (χ1v) is 5.28. The van der Waals surface area contributed by atoms with E-state index in [2.05, 4.69) is 14.8 Å². The average Bonchev–Trinajstić information content (AvgIpc) is 2.86. The van der Waals surface area contributed by atoms with Gasteiger partial charge in [0.1, 0.15) is 6.33 Å². The van der Waals surface area contributed by atoms with Crippen LogP contribution in [-0.4, -0.2) is 32.8 Å². The Morgan fingerprint density at radius 2 is 2.21 bits per heavy atom. The minimum atomic E-state index is -0.641. The molecule has 1 heterocycles. The minimum absolute atomic E-state index is 0.0251. The maximum Gasteiger partial charge on any atom is 0.377 e. The van der Waals surface area contributed by atoms with E-state index in [0.29, 0.717) is 11.3 Å². The highest BCUT2D eigenvalue weighted by Gasteiger charge is 2.14. The molecule has 2 aromatic rings. The predicted molar refractivity (Wildman–Crippen MR) is 64.1 cm³/mol. The summed E-state index contributed by atoms with van der Waals surface area (Å²) in [6, 6.07) is 4.50. The van der Waals surface area contributed by atoms with Crippen LogP contribution in [0.25, 0.3) is 5.69 Å². The van der Waals surface area contributed by atoms with Crippen molar-refractivity contribution in [3.05, 3.63) is 46.0 Å². The predicted octanol–water partition coefficient (Wildman–Crippen LogP) is 1.27. The Bertz CT molecular complexity index is 650. The van der Waals surface area contributed by atoms with Gasteiger partial charge in [0.05, 0.1) is 17.7 Å². The topological polar surface area (TPSA) is 100 Å². The zero-order chi connectivity index (χ0) is 14.0. The number of nitro groups is 1. The number of hydrogen-bond acceptors (Lipinski definition) is 6. The van der Waals surface area contributed by atoms with Crippen LogP contribution in [0.15, 0.2) is 24.5 Å². The van der Waals surface area contributed by atoms with Crippen LogP contribution in [0, 0.1) is 17.0 Å². The fourth-order valence-electron chi connectivity index (χ4n) is 1.56. The standard InChI is InChI=1S/C11H10N4O4/c1-7-5-8(3-4-9(7)15(17)18)14-6-12-10(13-14)11(16)19-2/h3-6H,1-2H3. The maximum atomic E-state index is 11.2. The molecule has 0 unspecified atom stereocenters. The van der Waals surface area contributed by atoms with Crippen molar-refractivity contribution in [2.75, 3.05) is 7.11 Å². The highest BCUT2D eigenvalue weighted by molar-refractivity contribution is 5.84. The third-order valence-electron chi connectivity index (χ3n) is 2.50. The van der Waals surface area contributed by atoms with Gasteiger partial charge in [-0.1, -0.05) is 0 Å². The molecule has 8 nitrogen and oxygen atoms in total. The molecule has 0 saturated heterocycles. The number of ether oxygens (including phenoxy) is 1. The quantitative estimate of drug-likeness (QED) is 0.469. The van der Waals surface area contributed by atoms with Gasteiger partial charge in [-0.2, -0.15) is 0 Å². The van der Waals surface area contributed by atoms with E-state index in [1.807, 2.05) is 0 Å². The van der Waals surface area contributed by atoms with Crippen molar-refractivity contribution >= 4 is 11.7 Å². The first-order valence-electron chi connectivity index (χ1n) is 5.28. The normalized spacial score (nSPS) is 10.2. The van der Waals surface area contributed by atoms with E-state index in [1.54, 1.807) is 13.0 Å². The number of aryl methyl sites for hydroxylation is 1. The Kier molecular flexibility index (Phi) is 3.23. The van der Waals surface area contributed by atoms with Crippen LogP contribution >= 0.6 is 0 Å². The Labute approximate surface area is 107 Å². The van der Waals surface area contributed by atoms with Gasteiger partial charge in [-0.25, -0.2) is 14.5 Å². The second-order valence-electron chi connectivity index (χ2n) is 3.73. The summed E-state index contributed by atoms with van der Waals surface area (Å²) in [5.74, 6) is -0.712. The number of rotatable bonds is 3. The van der Waals surface area contributed by atoms with Crippen molar-refractivity contribution in [2.45, 2.75) is 6.92 Å². The van der Waals surface area contributed by atoms with Gasteiger partial charge in [-0.3, -0.25) is 10.1 Å². The monoisotopic (exact) mass is 262 g/mol. The van der Waals surface area contributed by atoms with Crippen LogP contribution in [0.4, 0.5) is 5.69 Å². The van der Waals surface area contributed by atoms with E-state index < -0.39 is 10.9 Å². The van der Waals surface area contributed by atoms with Crippen LogP contribution in [0.5, 0.6) is 0 Å². The molecule has 0 N–H and O–H groups in total. The highest BCUT2D eigenvalue weighted by Crippen LogP contribution is 2.20. The molecule has 1 aromatic heterocycles. The number of benzene rings is 1. The number of nitro benzene ring substituents is 1. The lowest BCUT2D eigenvalue weighted by Crippen LogP contribution is -2.05. The smallest absolute Gasteiger partial charge is 0.377 e. The van der Waals surface area contributed by atoms with E-state index in [1.165, 1.54) is 30.3 Å². The fraction of sp³-hybridized carbons (Fsp3) is 0.182. The molecule has 0 fully saturated rings. The van der Waals surface area contributed by atoms with Crippen molar-refractivity contribution in [1.29, 1.82) is 0 Å². The van der Waals surface area contributed by atoms with Crippen molar-refractivity contribution in [3.63, 3.8) is 0 Å². The molecule has 0 aliphatic heterocycles.